The van der Waals surface area contributed by atoms with Crippen LogP contribution < -0.4 is 15.7 Å². The van der Waals surface area contributed by atoms with Crippen molar-refractivity contribution in [3.8, 4) is 11.4 Å². The number of ether oxygens (including phenoxy) is 1. The first-order valence-corrected chi connectivity index (χ1v) is 9.27. The van der Waals surface area contributed by atoms with Crippen LogP contribution in [0.1, 0.15) is 29.3 Å². The minimum atomic E-state index is -0.403. The number of aryl methyl sites for hydroxylation is 3. The summed E-state index contributed by atoms with van der Waals surface area (Å²) in [5.41, 5.74) is 6.57. The Morgan fingerprint density at radius 2 is 1.76 bits per heavy atom. The molecule has 0 aliphatic heterocycles. The number of hydrogen-bond acceptors (Lipinski definition) is 4. The molecule has 3 rings (SSSR count). The number of hydrazone groups is 1. The molecule has 0 saturated carbocycles. The fraction of sp³-hybridized carbons (Fsp3) is 0.227. The van der Waals surface area contributed by atoms with Gasteiger partial charge in [-0.15, -0.1) is 0 Å². The smallest absolute Gasteiger partial charge is 0.280 e. The van der Waals surface area contributed by atoms with Gasteiger partial charge in [0.25, 0.3) is 11.5 Å². The molecule has 7 heteroatoms. The Morgan fingerprint density at radius 1 is 1.10 bits per heavy atom. The molecule has 0 bridgehead atoms. The molecule has 3 aromatic rings. The standard InChI is InChI=1S/C22H24N4O3/c1-14-10-15(2)12-19(11-14)29-13-20(27)24-23-16(3)21-17(4)25-26(22(21)28)18-8-6-5-7-9-18/h5-12,25H,13H2,1-4H3,(H,24,27)/b23-16+. The number of nitrogens with one attached hydrogen (secondary N) is 2. The lowest BCUT2D eigenvalue weighted by atomic mass is 10.1. The molecule has 2 aromatic carbocycles. The van der Waals surface area contributed by atoms with Crippen molar-refractivity contribution in [2.45, 2.75) is 27.7 Å². The van der Waals surface area contributed by atoms with Crippen LogP contribution in [-0.4, -0.2) is 28.0 Å². The zero-order valence-electron chi connectivity index (χ0n) is 16.9. The number of carbonyl (C=O) groups is 1. The summed E-state index contributed by atoms with van der Waals surface area (Å²) in [5.74, 6) is 0.227. The lowest BCUT2D eigenvalue weighted by molar-refractivity contribution is -0.123. The molecule has 0 spiro atoms. The minimum absolute atomic E-state index is 0.167. The second-order valence-electron chi connectivity index (χ2n) is 6.93. The van der Waals surface area contributed by atoms with Gasteiger partial charge in [0.15, 0.2) is 6.61 Å². The third kappa shape index (κ3) is 4.82. The van der Waals surface area contributed by atoms with Crippen LogP contribution in [-0.2, 0) is 4.79 Å². The number of hydrogen-bond donors (Lipinski definition) is 2. The van der Waals surface area contributed by atoms with Crippen LogP contribution in [0.25, 0.3) is 5.69 Å². The Kier molecular flexibility index (Phi) is 5.97. The van der Waals surface area contributed by atoms with Gasteiger partial charge in [0.1, 0.15) is 5.75 Å². The van der Waals surface area contributed by atoms with Crippen molar-refractivity contribution in [1.82, 2.24) is 15.2 Å². The van der Waals surface area contributed by atoms with Crippen LogP contribution in [0.15, 0.2) is 58.4 Å². The molecule has 0 aliphatic carbocycles. The van der Waals surface area contributed by atoms with Gasteiger partial charge in [-0.2, -0.15) is 5.10 Å². The molecule has 150 valence electrons. The Labute approximate surface area is 169 Å². The van der Waals surface area contributed by atoms with E-state index in [1.54, 1.807) is 13.8 Å². The molecule has 1 heterocycles. The summed E-state index contributed by atoms with van der Waals surface area (Å²) in [6.07, 6.45) is 0. The van der Waals surface area contributed by atoms with Crippen LogP contribution in [0, 0.1) is 20.8 Å². The Balaban J connectivity index is 1.69. The molecule has 1 aromatic heterocycles. The molecular formula is C22H24N4O3. The largest absolute Gasteiger partial charge is 0.484 e. The van der Waals surface area contributed by atoms with Crippen molar-refractivity contribution < 1.29 is 9.53 Å². The number of para-hydroxylation sites is 1. The second-order valence-corrected chi connectivity index (χ2v) is 6.93. The molecule has 2 N–H and O–H groups in total. The van der Waals surface area contributed by atoms with Gasteiger partial charge in [-0.3, -0.25) is 14.7 Å². The summed E-state index contributed by atoms with van der Waals surface area (Å²) in [6.45, 7) is 7.24. The van der Waals surface area contributed by atoms with E-state index in [9.17, 15) is 9.59 Å². The number of aromatic nitrogens is 2. The molecule has 29 heavy (non-hydrogen) atoms. The molecule has 0 atom stereocenters. The highest BCUT2D eigenvalue weighted by molar-refractivity contribution is 6.00. The number of nitrogens with zero attached hydrogens (tertiary/aromatic N) is 2. The molecule has 0 saturated heterocycles. The molecule has 7 nitrogen and oxygen atoms in total. The maximum Gasteiger partial charge on any atom is 0.280 e. The van der Waals surface area contributed by atoms with E-state index < -0.39 is 5.91 Å². The van der Waals surface area contributed by atoms with Crippen LogP contribution in [0.3, 0.4) is 0 Å². The number of benzene rings is 2. The van der Waals surface area contributed by atoms with Crippen molar-refractivity contribution >= 4 is 11.6 Å². The monoisotopic (exact) mass is 392 g/mol. The normalized spacial score (nSPS) is 11.4. The van der Waals surface area contributed by atoms with E-state index in [0.29, 0.717) is 22.7 Å². The Morgan fingerprint density at radius 3 is 2.41 bits per heavy atom. The highest BCUT2D eigenvalue weighted by Gasteiger charge is 2.15. The molecule has 1 amide bonds. The summed E-state index contributed by atoms with van der Waals surface area (Å²) in [7, 11) is 0. The average Bonchev–Trinajstić information content (AvgIpc) is 2.98. The topological polar surface area (TPSA) is 88.5 Å². The molecular weight excluding hydrogens is 368 g/mol. The maximum absolute atomic E-state index is 12.8. The maximum atomic E-state index is 12.8. The number of H-pyrrole nitrogens is 1. The van der Waals surface area contributed by atoms with Crippen LogP contribution in [0.5, 0.6) is 5.75 Å². The predicted molar refractivity (Wildman–Crippen MR) is 113 cm³/mol. The van der Waals surface area contributed by atoms with E-state index >= 15 is 0 Å². The predicted octanol–water partition coefficient (Wildman–Crippen LogP) is 3.01. The van der Waals surface area contributed by atoms with Gasteiger partial charge >= 0.3 is 0 Å². The van der Waals surface area contributed by atoms with Gasteiger partial charge in [0.2, 0.25) is 0 Å². The van der Waals surface area contributed by atoms with Gasteiger partial charge < -0.3 is 4.74 Å². The molecule has 0 aliphatic rings. The SMILES string of the molecule is C/C(=N\NC(=O)COc1cc(C)cc(C)c1)c1c(C)[nH]n(-c2ccccc2)c1=O. The van der Waals surface area contributed by atoms with E-state index in [1.165, 1.54) is 4.68 Å². The van der Waals surface area contributed by atoms with Gasteiger partial charge in [-0.25, -0.2) is 10.1 Å². The lowest BCUT2D eigenvalue weighted by Gasteiger charge is -2.07. The van der Waals surface area contributed by atoms with Gasteiger partial charge in [-0.1, -0.05) is 24.3 Å². The molecule has 0 fully saturated rings. The second kappa shape index (κ2) is 8.60. The van der Waals surface area contributed by atoms with Crippen molar-refractivity contribution in [3.63, 3.8) is 0 Å². The quantitative estimate of drug-likeness (QED) is 0.499. The highest BCUT2D eigenvalue weighted by atomic mass is 16.5. The highest BCUT2D eigenvalue weighted by Crippen LogP contribution is 2.16. The first-order chi connectivity index (χ1) is 13.8. The van der Waals surface area contributed by atoms with Crippen molar-refractivity contribution in [2.24, 2.45) is 5.10 Å². The number of aromatic amines is 1. The van der Waals surface area contributed by atoms with Gasteiger partial charge in [0.05, 0.1) is 17.0 Å². The third-order valence-corrected chi connectivity index (χ3v) is 4.36. The summed E-state index contributed by atoms with van der Waals surface area (Å²) in [6, 6.07) is 15.0. The first kappa shape index (κ1) is 20.1. The fourth-order valence-electron chi connectivity index (χ4n) is 3.13. The van der Waals surface area contributed by atoms with E-state index in [0.717, 1.165) is 16.8 Å². The van der Waals surface area contributed by atoms with E-state index in [1.807, 2.05) is 62.4 Å². The number of carbonyl (C=O) groups excluding carboxylic acids is 1. The van der Waals surface area contributed by atoms with Gasteiger partial charge in [-0.05, 0) is 63.1 Å². The summed E-state index contributed by atoms with van der Waals surface area (Å²) in [4.78, 5) is 24.8. The van der Waals surface area contributed by atoms with E-state index in [4.69, 9.17) is 4.74 Å². The van der Waals surface area contributed by atoms with Crippen molar-refractivity contribution in [1.29, 1.82) is 0 Å². The lowest BCUT2D eigenvalue weighted by Crippen LogP contribution is -2.27. The van der Waals surface area contributed by atoms with E-state index in [-0.39, 0.29) is 12.2 Å². The number of rotatable bonds is 6. The van der Waals surface area contributed by atoms with Crippen molar-refractivity contribution in [2.75, 3.05) is 6.61 Å². The zero-order valence-corrected chi connectivity index (χ0v) is 16.9. The molecule has 0 radical (unpaired) electrons. The fourth-order valence-corrected chi connectivity index (χ4v) is 3.13. The average molecular weight is 392 g/mol. The van der Waals surface area contributed by atoms with E-state index in [2.05, 4.69) is 15.6 Å². The Hall–Kier alpha value is -3.61. The summed E-state index contributed by atoms with van der Waals surface area (Å²) in [5, 5.41) is 7.12. The van der Waals surface area contributed by atoms with Gasteiger partial charge in [0, 0.05) is 5.69 Å². The Bertz CT molecular complexity index is 1090. The molecule has 0 unspecified atom stereocenters. The summed E-state index contributed by atoms with van der Waals surface area (Å²) >= 11 is 0. The number of amides is 1. The zero-order chi connectivity index (χ0) is 21.0. The van der Waals surface area contributed by atoms with Crippen LogP contribution >= 0.6 is 0 Å². The first-order valence-electron chi connectivity index (χ1n) is 9.27. The van der Waals surface area contributed by atoms with Crippen LogP contribution in [0.4, 0.5) is 0 Å². The minimum Gasteiger partial charge on any atom is -0.484 e. The van der Waals surface area contributed by atoms with Crippen molar-refractivity contribution in [3.05, 3.63) is 81.3 Å². The third-order valence-electron chi connectivity index (χ3n) is 4.36. The summed E-state index contributed by atoms with van der Waals surface area (Å²) < 4.78 is 6.98. The van der Waals surface area contributed by atoms with Crippen LogP contribution in [0.2, 0.25) is 0 Å².